The van der Waals surface area contributed by atoms with Crippen LogP contribution in [0.4, 0.5) is 0 Å². The number of nitrogens with zero attached hydrogens (tertiary/aromatic N) is 2. The number of alkyl halides is 1. The van der Waals surface area contributed by atoms with Crippen molar-refractivity contribution in [1.82, 2.24) is 9.55 Å². The van der Waals surface area contributed by atoms with Crippen molar-refractivity contribution in [2.45, 2.75) is 51.3 Å². The molecule has 0 N–H and O–H groups in total. The lowest BCUT2D eigenvalue weighted by atomic mass is 10.2. The average molecular weight is 309 g/mol. The van der Waals surface area contributed by atoms with Gasteiger partial charge in [-0.25, -0.2) is 4.98 Å². The monoisotopic (exact) mass is 308 g/mol. The number of rotatable bonds is 5. The third kappa shape index (κ3) is 3.01. The van der Waals surface area contributed by atoms with Gasteiger partial charge in [-0.1, -0.05) is 6.07 Å². The van der Waals surface area contributed by atoms with Gasteiger partial charge in [-0.05, 0) is 38.8 Å². The van der Waals surface area contributed by atoms with Gasteiger partial charge in [-0.2, -0.15) is 0 Å². The SMILES string of the molecule is CC(C)Oc1cccc2c1nc(CCl)n2CC1CCCO1. The molecule has 3 rings (SSSR count). The largest absolute Gasteiger partial charge is 0.489 e. The quantitative estimate of drug-likeness (QED) is 0.789. The second-order valence-corrected chi connectivity index (χ2v) is 5.97. The number of ether oxygens (including phenoxy) is 2. The van der Waals surface area contributed by atoms with Crippen molar-refractivity contribution in [3.05, 3.63) is 24.0 Å². The van der Waals surface area contributed by atoms with Crippen molar-refractivity contribution in [2.24, 2.45) is 0 Å². The van der Waals surface area contributed by atoms with Crippen LogP contribution in [0.25, 0.3) is 11.0 Å². The number of benzene rings is 1. The minimum atomic E-state index is 0.123. The van der Waals surface area contributed by atoms with Crippen LogP contribution < -0.4 is 4.74 Å². The number of imidazole rings is 1. The van der Waals surface area contributed by atoms with Gasteiger partial charge < -0.3 is 14.0 Å². The van der Waals surface area contributed by atoms with Crippen LogP contribution in [-0.4, -0.2) is 28.4 Å². The predicted octanol–water partition coefficient (Wildman–Crippen LogP) is 3.74. The Morgan fingerprint density at radius 1 is 1.48 bits per heavy atom. The molecule has 0 saturated carbocycles. The molecule has 1 saturated heterocycles. The summed E-state index contributed by atoms with van der Waals surface area (Å²) in [6.07, 6.45) is 2.62. The first-order chi connectivity index (χ1) is 10.2. The van der Waals surface area contributed by atoms with Crippen molar-refractivity contribution in [1.29, 1.82) is 0 Å². The molecule has 0 aliphatic carbocycles. The molecule has 0 amide bonds. The molecule has 4 nitrogen and oxygen atoms in total. The van der Waals surface area contributed by atoms with E-state index in [0.29, 0.717) is 5.88 Å². The molecule has 1 unspecified atom stereocenters. The third-order valence-electron chi connectivity index (χ3n) is 3.71. The van der Waals surface area contributed by atoms with E-state index < -0.39 is 0 Å². The number of fused-ring (bicyclic) bond motifs is 1. The molecule has 1 aromatic heterocycles. The Bertz CT molecular complexity index is 618. The molecule has 21 heavy (non-hydrogen) atoms. The Kier molecular flexibility index (Phi) is 4.36. The number of hydrogen-bond donors (Lipinski definition) is 0. The van der Waals surface area contributed by atoms with E-state index >= 15 is 0 Å². The summed E-state index contributed by atoms with van der Waals surface area (Å²) in [5.74, 6) is 2.09. The first kappa shape index (κ1) is 14.7. The summed E-state index contributed by atoms with van der Waals surface area (Å²) in [7, 11) is 0. The topological polar surface area (TPSA) is 36.3 Å². The highest BCUT2D eigenvalue weighted by molar-refractivity contribution is 6.16. The average Bonchev–Trinajstić information content (AvgIpc) is 3.07. The van der Waals surface area contributed by atoms with Crippen LogP contribution in [0.15, 0.2) is 18.2 Å². The van der Waals surface area contributed by atoms with Crippen LogP contribution in [0.1, 0.15) is 32.5 Å². The molecule has 1 aromatic carbocycles. The zero-order chi connectivity index (χ0) is 14.8. The van der Waals surface area contributed by atoms with E-state index in [1.807, 2.05) is 26.0 Å². The highest BCUT2D eigenvalue weighted by atomic mass is 35.5. The summed E-state index contributed by atoms with van der Waals surface area (Å²) < 4.78 is 13.8. The maximum atomic E-state index is 6.08. The highest BCUT2D eigenvalue weighted by Crippen LogP contribution is 2.28. The normalized spacial score (nSPS) is 18.8. The summed E-state index contributed by atoms with van der Waals surface area (Å²) in [6, 6.07) is 6.04. The van der Waals surface area contributed by atoms with Gasteiger partial charge in [0.05, 0.1) is 30.1 Å². The number of halogens is 1. The van der Waals surface area contributed by atoms with Gasteiger partial charge in [0.25, 0.3) is 0 Å². The van der Waals surface area contributed by atoms with Crippen LogP contribution in [0, 0.1) is 0 Å². The molecule has 0 radical (unpaired) electrons. The van der Waals surface area contributed by atoms with E-state index in [1.165, 1.54) is 0 Å². The maximum Gasteiger partial charge on any atom is 0.147 e. The summed E-state index contributed by atoms with van der Waals surface area (Å²) in [5.41, 5.74) is 1.96. The third-order valence-corrected chi connectivity index (χ3v) is 3.95. The number of para-hydroxylation sites is 1. The fourth-order valence-corrected chi connectivity index (χ4v) is 3.02. The standard InChI is InChI=1S/C16H21ClN2O2/c1-11(2)21-14-7-3-6-13-16(14)18-15(9-17)19(13)10-12-5-4-8-20-12/h3,6-7,11-12H,4-5,8-10H2,1-2H3. The van der Waals surface area contributed by atoms with E-state index in [2.05, 4.69) is 15.6 Å². The molecule has 2 aromatic rings. The Morgan fingerprint density at radius 3 is 3.00 bits per heavy atom. The molecule has 0 spiro atoms. The molecule has 1 fully saturated rings. The fraction of sp³-hybridized carbons (Fsp3) is 0.562. The zero-order valence-corrected chi connectivity index (χ0v) is 13.3. The minimum absolute atomic E-state index is 0.123. The lowest BCUT2D eigenvalue weighted by Crippen LogP contribution is -2.16. The summed E-state index contributed by atoms with van der Waals surface area (Å²) >= 11 is 6.08. The fourth-order valence-electron chi connectivity index (χ4n) is 2.82. The molecule has 0 bridgehead atoms. The van der Waals surface area contributed by atoms with Gasteiger partial charge in [-0.3, -0.25) is 0 Å². The Balaban J connectivity index is 2.01. The molecule has 5 heteroatoms. The zero-order valence-electron chi connectivity index (χ0n) is 12.5. The van der Waals surface area contributed by atoms with E-state index in [-0.39, 0.29) is 12.2 Å². The Hall–Kier alpha value is -1.26. The van der Waals surface area contributed by atoms with Crippen LogP contribution >= 0.6 is 11.6 Å². The molecular formula is C16H21ClN2O2. The Labute approximate surface area is 130 Å². The number of aromatic nitrogens is 2. The first-order valence-corrected chi connectivity index (χ1v) is 8.05. The lowest BCUT2D eigenvalue weighted by molar-refractivity contribution is 0.0973. The maximum absolute atomic E-state index is 6.08. The first-order valence-electron chi connectivity index (χ1n) is 7.51. The Morgan fingerprint density at radius 2 is 2.33 bits per heavy atom. The van der Waals surface area contributed by atoms with Crippen LogP contribution in [0.3, 0.4) is 0 Å². The number of hydrogen-bond acceptors (Lipinski definition) is 3. The van der Waals surface area contributed by atoms with Crippen molar-refractivity contribution in [2.75, 3.05) is 6.61 Å². The molecular weight excluding hydrogens is 288 g/mol. The van der Waals surface area contributed by atoms with Crippen molar-refractivity contribution >= 4 is 22.6 Å². The highest BCUT2D eigenvalue weighted by Gasteiger charge is 2.20. The lowest BCUT2D eigenvalue weighted by Gasteiger charge is -2.14. The van der Waals surface area contributed by atoms with E-state index in [1.54, 1.807) is 0 Å². The smallest absolute Gasteiger partial charge is 0.147 e. The molecule has 114 valence electrons. The second kappa shape index (κ2) is 6.24. The molecule has 1 aliphatic rings. The van der Waals surface area contributed by atoms with E-state index in [4.69, 9.17) is 21.1 Å². The summed E-state index contributed by atoms with van der Waals surface area (Å²) in [6.45, 7) is 5.70. The van der Waals surface area contributed by atoms with Gasteiger partial charge in [0, 0.05) is 6.61 Å². The van der Waals surface area contributed by atoms with Crippen LogP contribution in [0.2, 0.25) is 0 Å². The van der Waals surface area contributed by atoms with Crippen molar-refractivity contribution in [3.8, 4) is 5.75 Å². The summed E-state index contributed by atoms with van der Waals surface area (Å²) in [4.78, 5) is 4.68. The predicted molar refractivity (Wildman–Crippen MR) is 84.0 cm³/mol. The van der Waals surface area contributed by atoms with Crippen LogP contribution in [-0.2, 0) is 17.2 Å². The second-order valence-electron chi connectivity index (χ2n) is 5.70. The van der Waals surface area contributed by atoms with Gasteiger partial charge in [0.15, 0.2) is 0 Å². The molecule has 2 heterocycles. The van der Waals surface area contributed by atoms with Crippen molar-refractivity contribution in [3.63, 3.8) is 0 Å². The summed E-state index contributed by atoms with van der Waals surface area (Å²) in [5, 5.41) is 0. The minimum Gasteiger partial charge on any atom is -0.489 e. The molecule has 1 atom stereocenters. The van der Waals surface area contributed by atoms with Gasteiger partial charge in [0.1, 0.15) is 17.1 Å². The van der Waals surface area contributed by atoms with Gasteiger partial charge >= 0.3 is 0 Å². The van der Waals surface area contributed by atoms with E-state index in [0.717, 1.165) is 48.6 Å². The van der Waals surface area contributed by atoms with Gasteiger partial charge in [0.2, 0.25) is 0 Å². The van der Waals surface area contributed by atoms with Crippen LogP contribution in [0.5, 0.6) is 5.75 Å². The molecule has 1 aliphatic heterocycles. The van der Waals surface area contributed by atoms with E-state index in [9.17, 15) is 0 Å². The van der Waals surface area contributed by atoms with Gasteiger partial charge in [-0.15, -0.1) is 11.6 Å². The van der Waals surface area contributed by atoms with Crippen molar-refractivity contribution < 1.29 is 9.47 Å².